The number of aryl methyl sites for hydroxylation is 2. The van der Waals surface area contributed by atoms with E-state index in [1.165, 1.54) is 12.1 Å². The molecule has 1 amide bonds. The van der Waals surface area contributed by atoms with E-state index in [2.05, 4.69) is 11.1 Å². The first-order valence-electron chi connectivity index (χ1n) is 13.3. The van der Waals surface area contributed by atoms with E-state index in [-0.39, 0.29) is 37.9 Å². The van der Waals surface area contributed by atoms with Crippen molar-refractivity contribution < 1.29 is 22.7 Å². The third-order valence-corrected chi connectivity index (χ3v) is 9.79. The average Bonchev–Trinajstić information content (AvgIpc) is 2.95. The minimum absolute atomic E-state index is 0.0641. The van der Waals surface area contributed by atoms with Crippen molar-refractivity contribution in [3.8, 4) is 6.07 Å². The number of ether oxygens (including phenoxy) is 1. The number of sulfonamides is 1. The number of nitriles is 1. The molecule has 12 heteroatoms. The maximum Gasteiger partial charge on any atom is 0.340 e. The van der Waals surface area contributed by atoms with E-state index >= 15 is 0 Å². The largest absolute Gasteiger partial charge is 0.459 e. The van der Waals surface area contributed by atoms with Crippen molar-refractivity contribution in [2.24, 2.45) is 5.92 Å². The van der Waals surface area contributed by atoms with Crippen LogP contribution in [0.15, 0.2) is 53.4 Å². The van der Waals surface area contributed by atoms with Gasteiger partial charge in [0.1, 0.15) is 16.8 Å². The number of para-hydroxylation sites is 1. The number of esters is 1. The molecule has 4 rings (SSSR count). The molecule has 1 fully saturated rings. The second kappa shape index (κ2) is 12.7. The topological polar surface area (TPSA) is 121 Å². The van der Waals surface area contributed by atoms with Crippen LogP contribution in [0.2, 0.25) is 10.0 Å². The van der Waals surface area contributed by atoms with Gasteiger partial charge in [-0.3, -0.25) is 4.79 Å². The van der Waals surface area contributed by atoms with Crippen LogP contribution in [-0.4, -0.2) is 44.5 Å². The summed E-state index contributed by atoms with van der Waals surface area (Å²) in [5.74, 6) is -1.38. The van der Waals surface area contributed by atoms with Crippen LogP contribution in [0.3, 0.4) is 0 Å². The third kappa shape index (κ3) is 6.24. The zero-order valence-corrected chi connectivity index (χ0v) is 25.9. The molecule has 0 spiro atoms. The second-order valence-corrected chi connectivity index (χ2v) is 12.8. The average molecular weight is 630 g/mol. The van der Waals surface area contributed by atoms with Crippen molar-refractivity contribution in [3.05, 3.63) is 81.0 Å². The Morgan fingerprint density at radius 2 is 1.74 bits per heavy atom. The van der Waals surface area contributed by atoms with Gasteiger partial charge in [-0.15, -0.1) is 0 Å². The molecule has 42 heavy (non-hydrogen) atoms. The second-order valence-electron chi connectivity index (χ2n) is 10.3. The van der Waals surface area contributed by atoms with Gasteiger partial charge in [0.25, 0.3) is 10.0 Å². The summed E-state index contributed by atoms with van der Waals surface area (Å²) in [5.41, 5.74) is 1.39. The lowest BCUT2D eigenvalue weighted by molar-refractivity contribution is -0.121. The maximum absolute atomic E-state index is 14.0. The van der Waals surface area contributed by atoms with Gasteiger partial charge >= 0.3 is 5.97 Å². The number of piperidine rings is 1. The minimum Gasteiger partial charge on any atom is -0.459 e. The van der Waals surface area contributed by atoms with Gasteiger partial charge in [-0.1, -0.05) is 47.5 Å². The number of benzene rings is 2. The molecule has 0 saturated carbocycles. The van der Waals surface area contributed by atoms with Crippen LogP contribution in [0.4, 0.5) is 11.5 Å². The van der Waals surface area contributed by atoms with Crippen molar-refractivity contribution in [3.63, 3.8) is 0 Å². The molecule has 1 saturated heterocycles. The lowest BCUT2D eigenvalue weighted by atomic mass is 9.95. The number of halogens is 2. The fourth-order valence-electron chi connectivity index (χ4n) is 4.89. The monoisotopic (exact) mass is 628 g/mol. The molecule has 1 aliphatic rings. The van der Waals surface area contributed by atoms with E-state index in [1.807, 2.05) is 4.90 Å². The molecule has 0 N–H and O–H groups in total. The highest BCUT2D eigenvalue weighted by molar-refractivity contribution is 7.93. The van der Waals surface area contributed by atoms with Gasteiger partial charge in [-0.25, -0.2) is 22.5 Å². The van der Waals surface area contributed by atoms with E-state index in [0.29, 0.717) is 43.0 Å². The Hall–Kier alpha value is -3.65. The van der Waals surface area contributed by atoms with Crippen LogP contribution < -0.4 is 9.21 Å². The summed E-state index contributed by atoms with van der Waals surface area (Å²) >= 11 is 12.5. The number of carbonyl (C=O) groups is 2. The van der Waals surface area contributed by atoms with E-state index in [9.17, 15) is 23.3 Å². The van der Waals surface area contributed by atoms with Gasteiger partial charge in [0.15, 0.2) is 0 Å². The summed E-state index contributed by atoms with van der Waals surface area (Å²) < 4.78 is 34.2. The molecular formula is C30H30Cl2N4O5S. The van der Waals surface area contributed by atoms with Crippen LogP contribution in [-0.2, 0) is 19.6 Å². The van der Waals surface area contributed by atoms with Crippen LogP contribution in [0.25, 0.3) is 0 Å². The molecule has 1 aromatic heterocycles. The number of nitrogens with zero attached hydrogens (tertiary/aromatic N) is 4. The lowest BCUT2D eigenvalue weighted by Crippen LogP contribution is -2.45. The molecule has 2 aromatic carbocycles. The fourth-order valence-corrected chi connectivity index (χ4v) is 7.39. The van der Waals surface area contributed by atoms with Gasteiger partial charge in [-0.2, -0.15) is 5.26 Å². The van der Waals surface area contributed by atoms with Crippen LogP contribution in [0.1, 0.15) is 53.9 Å². The molecule has 0 atom stereocenters. The van der Waals surface area contributed by atoms with E-state index < -0.39 is 27.8 Å². The van der Waals surface area contributed by atoms with Gasteiger partial charge in [0, 0.05) is 19.0 Å². The van der Waals surface area contributed by atoms with Crippen molar-refractivity contribution in [1.29, 1.82) is 5.26 Å². The zero-order valence-electron chi connectivity index (χ0n) is 23.6. The Morgan fingerprint density at radius 3 is 2.33 bits per heavy atom. The smallest absolute Gasteiger partial charge is 0.340 e. The molecule has 0 bridgehead atoms. The summed E-state index contributed by atoms with van der Waals surface area (Å²) in [4.78, 5) is 32.7. The molecular weight excluding hydrogens is 599 g/mol. The molecule has 2 heterocycles. The minimum atomic E-state index is -4.44. The number of hydrogen-bond donors (Lipinski definition) is 0. The Morgan fingerprint density at radius 1 is 1.10 bits per heavy atom. The quantitative estimate of drug-likeness (QED) is 0.289. The van der Waals surface area contributed by atoms with Gasteiger partial charge < -0.3 is 9.64 Å². The molecule has 1 aliphatic heterocycles. The number of amides is 1. The molecule has 0 radical (unpaired) electrons. The zero-order chi connectivity index (χ0) is 30.8. The summed E-state index contributed by atoms with van der Waals surface area (Å²) in [6.07, 6.45) is 0.294. The number of pyridine rings is 1. The Balaban J connectivity index is 1.63. The molecule has 220 valence electrons. The summed E-state index contributed by atoms with van der Waals surface area (Å²) in [6.45, 7) is 7.42. The van der Waals surface area contributed by atoms with Crippen molar-refractivity contribution in [2.75, 3.05) is 22.3 Å². The Labute approximate surface area is 255 Å². The van der Waals surface area contributed by atoms with Gasteiger partial charge in [0.05, 0.1) is 38.7 Å². The Kier molecular flexibility index (Phi) is 9.46. The summed E-state index contributed by atoms with van der Waals surface area (Å²) in [6, 6.07) is 14.8. The first-order valence-corrected chi connectivity index (χ1v) is 15.5. The first-order chi connectivity index (χ1) is 19.9. The highest BCUT2D eigenvalue weighted by Crippen LogP contribution is 2.37. The van der Waals surface area contributed by atoms with Crippen molar-refractivity contribution >= 4 is 56.6 Å². The predicted molar refractivity (Wildman–Crippen MR) is 161 cm³/mol. The predicted octanol–water partition coefficient (Wildman–Crippen LogP) is 6.08. The SMILES string of the molecule is Cc1ccc(Cl)c(Cl)c1S(=O)(=O)N(C(=O)C1CCN(c2nc(C)c(C(=O)OC(C)C)cc2C#N)CC1)c1ccccc1. The molecule has 9 nitrogen and oxygen atoms in total. The standard InChI is InChI=1S/C30H30Cl2N4O5S/c1-18(2)41-30(38)24-16-22(17-33)28(34-20(24)4)35-14-12-21(13-15-35)29(37)36(23-8-6-5-7-9-23)42(39,40)27-19(3)10-11-25(31)26(27)32/h5-11,16,18,21H,12-15H2,1-4H3. The van der Waals surface area contributed by atoms with Crippen molar-refractivity contribution in [2.45, 2.75) is 51.5 Å². The molecule has 0 unspecified atom stereocenters. The van der Waals surface area contributed by atoms with E-state index in [4.69, 9.17) is 27.9 Å². The van der Waals surface area contributed by atoms with Crippen LogP contribution >= 0.6 is 23.2 Å². The van der Waals surface area contributed by atoms with Gasteiger partial charge in [0.2, 0.25) is 5.91 Å². The molecule has 0 aliphatic carbocycles. The fraction of sp³-hybridized carbons (Fsp3) is 0.333. The van der Waals surface area contributed by atoms with E-state index in [0.717, 1.165) is 4.31 Å². The number of anilines is 2. The molecule has 3 aromatic rings. The van der Waals surface area contributed by atoms with Gasteiger partial charge in [-0.05, 0) is 70.4 Å². The highest BCUT2D eigenvalue weighted by atomic mass is 35.5. The maximum atomic E-state index is 14.0. The van der Waals surface area contributed by atoms with Crippen molar-refractivity contribution in [1.82, 2.24) is 4.98 Å². The number of aromatic nitrogens is 1. The Bertz CT molecular complexity index is 1670. The highest BCUT2D eigenvalue weighted by Gasteiger charge is 2.39. The number of rotatable bonds is 7. The summed E-state index contributed by atoms with van der Waals surface area (Å²) in [7, 11) is -4.44. The first kappa shape index (κ1) is 31.3. The third-order valence-electron chi connectivity index (χ3n) is 6.96. The normalized spacial score (nSPS) is 14.0. The summed E-state index contributed by atoms with van der Waals surface area (Å²) in [5, 5.41) is 9.73. The van der Waals surface area contributed by atoms with E-state index in [1.54, 1.807) is 64.1 Å². The number of carbonyl (C=O) groups excluding carboxylic acids is 2. The number of hydrogen-bond acceptors (Lipinski definition) is 8. The lowest BCUT2D eigenvalue weighted by Gasteiger charge is -2.35. The van der Waals surface area contributed by atoms with Crippen LogP contribution in [0, 0.1) is 31.1 Å². The van der Waals surface area contributed by atoms with Crippen LogP contribution in [0.5, 0.6) is 0 Å².